The maximum absolute atomic E-state index is 12.7. The second-order valence-corrected chi connectivity index (χ2v) is 6.61. The predicted octanol–water partition coefficient (Wildman–Crippen LogP) is 2.63. The number of methoxy groups -OCH3 is 1. The molecule has 1 aromatic heterocycles. The topological polar surface area (TPSA) is 67.3 Å². The Kier molecular flexibility index (Phi) is 6.55. The standard InChI is InChI=1S/C20H26N4O2/c1-26-14-11-22-20-21-10-7-18(23-20)19(25)24-12-8-17(9-13-24)15-16-5-3-2-4-6-16/h2-7,10,17H,8-9,11-15H2,1H3,(H,21,22,23). The van der Waals surface area contributed by atoms with Crippen LogP contribution in [0.15, 0.2) is 42.6 Å². The lowest BCUT2D eigenvalue weighted by atomic mass is 9.90. The van der Waals surface area contributed by atoms with Crippen LogP contribution in [0.4, 0.5) is 5.95 Å². The number of aromatic nitrogens is 2. The first kappa shape index (κ1) is 18.3. The van der Waals surface area contributed by atoms with E-state index in [0.29, 0.717) is 30.7 Å². The number of likely N-dealkylation sites (tertiary alicyclic amines) is 1. The predicted molar refractivity (Wildman–Crippen MR) is 101 cm³/mol. The molecule has 0 atom stereocenters. The molecule has 0 bridgehead atoms. The van der Waals surface area contributed by atoms with Crippen molar-refractivity contribution in [2.45, 2.75) is 19.3 Å². The molecule has 0 aliphatic carbocycles. The van der Waals surface area contributed by atoms with E-state index in [9.17, 15) is 4.79 Å². The molecule has 138 valence electrons. The number of benzene rings is 1. The van der Waals surface area contributed by atoms with Gasteiger partial charge in [-0.3, -0.25) is 4.79 Å². The second kappa shape index (κ2) is 9.29. The lowest BCUT2D eigenvalue weighted by Crippen LogP contribution is -2.39. The minimum Gasteiger partial charge on any atom is -0.383 e. The summed E-state index contributed by atoms with van der Waals surface area (Å²) in [5.74, 6) is 1.09. The Morgan fingerprint density at radius 1 is 1.23 bits per heavy atom. The van der Waals surface area contributed by atoms with Crippen molar-refractivity contribution < 1.29 is 9.53 Å². The van der Waals surface area contributed by atoms with Crippen LogP contribution in [0.1, 0.15) is 28.9 Å². The second-order valence-electron chi connectivity index (χ2n) is 6.61. The highest BCUT2D eigenvalue weighted by atomic mass is 16.5. The Labute approximate surface area is 154 Å². The zero-order valence-corrected chi connectivity index (χ0v) is 15.2. The van der Waals surface area contributed by atoms with Crippen molar-refractivity contribution in [3.05, 3.63) is 53.9 Å². The monoisotopic (exact) mass is 354 g/mol. The molecule has 0 unspecified atom stereocenters. The minimum atomic E-state index is -0.0136. The van der Waals surface area contributed by atoms with Gasteiger partial charge in [0.2, 0.25) is 5.95 Å². The Balaban J connectivity index is 1.52. The molecule has 6 nitrogen and oxygen atoms in total. The van der Waals surface area contributed by atoms with Crippen molar-refractivity contribution >= 4 is 11.9 Å². The summed E-state index contributed by atoms with van der Waals surface area (Å²) in [6, 6.07) is 12.3. The summed E-state index contributed by atoms with van der Waals surface area (Å²) in [4.78, 5) is 23.1. The average molecular weight is 354 g/mol. The largest absolute Gasteiger partial charge is 0.383 e. The van der Waals surface area contributed by atoms with Crippen molar-refractivity contribution in [2.24, 2.45) is 5.92 Å². The summed E-state index contributed by atoms with van der Waals surface area (Å²) in [6.45, 7) is 2.75. The van der Waals surface area contributed by atoms with Gasteiger partial charge in [0.25, 0.3) is 5.91 Å². The Hall–Kier alpha value is -2.47. The van der Waals surface area contributed by atoms with E-state index in [2.05, 4.69) is 39.6 Å². The Morgan fingerprint density at radius 2 is 2.00 bits per heavy atom. The fourth-order valence-corrected chi connectivity index (χ4v) is 3.28. The van der Waals surface area contributed by atoms with Crippen LogP contribution in [0.25, 0.3) is 0 Å². The number of carbonyl (C=O) groups excluding carboxylic acids is 1. The molecule has 1 aliphatic rings. The third kappa shape index (κ3) is 5.02. The average Bonchev–Trinajstić information content (AvgIpc) is 2.69. The van der Waals surface area contributed by atoms with Gasteiger partial charge in [-0.15, -0.1) is 0 Å². The smallest absolute Gasteiger partial charge is 0.272 e. The molecule has 3 rings (SSSR count). The Morgan fingerprint density at radius 3 is 2.73 bits per heavy atom. The number of amides is 1. The molecule has 0 radical (unpaired) electrons. The molecule has 1 amide bonds. The molecule has 0 spiro atoms. The maximum Gasteiger partial charge on any atom is 0.272 e. The molecule has 1 saturated heterocycles. The van der Waals surface area contributed by atoms with Gasteiger partial charge in [0.1, 0.15) is 5.69 Å². The SMILES string of the molecule is COCCNc1nccc(C(=O)N2CCC(Cc3ccccc3)CC2)n1. The number of ether oxygens (including phenoxy) is 1. The van der Waals surface area contributed by atoms with Gasteiger partial charge < -0.3 is 15.0 Å². The van der Waals surface area contributed by atoms with Gasteiger partial charge >= 0.3 is 0 Å². The highest BCUT2D eigenvalue weighted by Gasteiger charge is 2.24. The molecular weight excluding hydrogens is 328 g/mol. The zero-order chi connectivity index (χ0) is 18.2. The van der Waals surface area contributed by atoms with Crippen molar-refractivity contribution in [2.75, 3.05) is 38.7 Å². The molecule has 1 aliphatic heterocycles. The summed E-state index contributed by atoms with van der Waals surface area (Å²) < 4.78 is 5.00. The van der Waals surface area contributed by atoms with Gasteiger partial charge in [-0.05, 0) is 36.8 Å². The van der Waals surface area contributed by atoms with Crippen LogP contribution in [0.2, 0.25) is 0 Å². The summed E-state index contributed by atoms with van der Waals surface area (Å²) >= 11 is 0. The van der Waals surface area contributed by atoms with E-state index in [-0.39, 0.29) is 5.91 Å². The maximum atomic E-state index is 12.7. The highest BCUT2D eigenvalue weighted by Crippen LogP contribution is 2.22. The van der Waals surface area contributed by atoms with Crippen molar-refractivity contribution in [3.8, 4) is 0 Å². The van der Waals surface area contributed by atoms with Gasteiger partial charge in [0.15, 0.2) is 0 Å². The molecule has 26 heavy (non-hydrogen) atoms. The lowest BCUT2D eigenvalue weighted by molar-refractivity contribution is 0.0684. The van der Waals surface area contributed by atoms with Crippen LogP contribution in [-0.2, 0) is 11.2 Å². The number of hydrogen-bond donors (Lipinski definition) is 1. The number of anilines is 1. The van der Waals surface area contributed by atoms with E-state index in [1.54, 1.807) is 19.4 Å². The fourth-order valence-electron chi connectivity index (χ4n) is 3.28. The number of hydrogen-bond acceptors (Lipinski definition) is 5. The van der Waals surface area contributed by atoms with E-state index in [1.165, 1.54) is 5.56 Å². The van der Waals surface area contributed by atoms with E-state index in [1.807, 2.05) is 11.0 Å². The van der Waals surface area contributed by atoms with Gasteiger partial charge in [-0.1, -0.05) is 30.3 Å². The van der Waals surface area contributed by atoms with Gasteiger partial charge in [0, 0.05) is 32.9 Å². The molecule has 0 saturated carbocycles. The van der Waals surface area contributed by atoms with E-state index < -0.39 is 0 Å². The normalized spacial score (nSPS) is 15.0. The third-order valence-electron chi connectivity index (χ3n) is 4.73. The molecule has 6 heteroatoms. The van der Waals surface area contributed by atoms with Crippen molar-refractivity contribution in [1.29, 1.82) is 0 Å². The molecular formula is C20H26N4O2. The molecule has 2 heterocycles. The van der Waals surface area contributed by atoms with Crippen LogP contribution in [0, 0.1) is 5.92 Å². The fraction of sp³-hybridized carbons (Fsp3) is 0.450. The zero-order valence-electron chi connectivity index (χ0n) is 15.2. The van der Waals surface area contributed by atoms with E-state index in [4.69, 9.17) is 4.74 Å². The number of piperidine rings is 1. The van der Waals surface area contributed by atoms with Crippen LogP contribution in [0.5, 0.6) is 0 Å². The first-order valence-corrected chi connectivity index (χ1v) is 9.15. The summed E-state index contributed by atoms with van der Waals surface area (Å²) in [6.07, 6.45) is 4.77. The van der Waals surface area contributed by atoms with Gasteiger partial charge in [-0.25, -0.2) is 9.97 Å². The Bertz CT molecular complexity index is 700. The van der Waals surface area contributed by atoms with E-state index in [0.717, 1.165) is 32.4 Å². The van der Waals surface area contributed by atoms with Crippen LogP contribution < -0.4 is 5.32 Å². The summed E-state index contributed by atoms with van der Waals surface area (Å²) in [5.41, 5.74) is 1.82. The minimum absolute atomic E-state index is 0.0136. The van der Waals surface area contributed by atoms with Gasteiger partial charge in [-0.2, -0.15) is 0 Å². The van der Waals surface area contributed by atoms with Crippen LogP contribution in [0.3, 0.4) is 0 Å². The van der Waals surface area contributed by atoms with Gasteiger partial charge in [0.05, 0.1) is 6.61 Å². The quantitative estimate of drug-likeness (QED) is 0.774. The molecule has 1 aromatic carbocycles. The lowest BCUT2D eigenvalue weighted by Gasteiger charge is -2.32. The van der Waals surface area contributed by atoms with Crippen molar-refractivity contribution in [1.82, 2.24) is 14.9 Å². The highest BCUT2D eigenvalue weighted by molar-refractivity contribution is 5.92. The number of nitrogens with one attached hydrogen (secondary N) is 1. The third-order valence-corrected chi connectivity index (χ3v) is 4.73. The number of nitrogens with zero attached hydrogens (tertiary/aromatic N) is 3. The molecule has 1 fully saturated rings. The summed E-state index contributed by atoms with van der Waals surface area (Å²) in [7, 11) is 1.64. The number of rotatable bonds is 7. The van der Waals surface area contributed by atoms with Crippen molar-refractivity contribution in [3.63, 3.8) is 0 Å². The molecule has 1 N–H and O–H groups in total. The first-order valence-electron chi connectivity index (χ1n) is 9.15. The molecule has 2 aromatic rings. The summed E-state index contributed by atoms with van der Waals surface area (Å²) in [5, 5.41) is 3.06. The van der Waals surface area contributed by atoms with Crippen LogP contribution in [-0.4, -0.2) is 54.1 Å². The number of carbonyl (C=O) groups is 1. The van der Waals surface area contributed by atoms with Crippen LogP contribution >= 0.6 is 0 Å². The first-order chi connectivity index (χ1) is 12.8. The van der Waals surface area contributed by atoms with E-state index >= 15 is 0 Å².